The first kappa shape index (κ1) is 28.8. The number of nitrogens with zero attached hydrogens (tertiary/aromatic N) is 2. The molecule has 1 atom stereocenters. The van der Waals surface area contributed by atoms with Crippen LogP contribution in [0.1, 0.15) is 91.1 Å². The molecular weight excluding hydrogens is 553 g/mol. The van der Waals surface area contributed by atoms with Crippen LogP contribution in [0.4, 0.5) is 0 Å². The average molecular weight is 596 g/mol. The molecule has 1 aromatic heterocycles. The molecule has 1 N–H and O–H groups in total. The van der Waals surface area contributed by atoms with Gasteiger partial charge in [-0.15, -0.1) is 0 Å². The third-order valence-electron chi connectivity index (χ3n) is 10.8. The van der Waals surface area contributed by atoms with Crippen LogP contribution < -0.4 is 4.74 Å². The number of benzene rings is 2. The van der Waals surface area contributed by atoms with E-state index in [-0.39, 0.29) is 11.7 Å². The molecule has 3 aromatic rings. The minimum Gasteiger partial charge on any atom is -0.496 e. The van der Waals surface area contributed by atoms with Gasteiger partial charge in [-0.3, -0.25) is 4.79 Å². The number of hydrogen-bond donors (Lipinski definition) is 1. The highest BCUT2D eigenvalue weighted by Crippen LogP contribution is 2.53. The summed E-state index contributed by atoms with van der Waals surface area (Å²) >= 11 is 12.8. The number of para-hydroxylation sites is 1. The van der Waals surface area contributed by atoms with Gasteiger partial charge in [-0.25, -0.2) is 4.98 Å². The molecule has 4 fully saturated rings. The lowest BCUT2D eigenvalue weighted by Gasteiger charge is -2.58. The SMILES string of the molecule is COc1ccccc1C(=O)c1ncc(CC(CC[N+]23CCC(C4CCCCC4)(CC2)CC3)c2ccc(Cl)c(Cl)c2)[nH]1. The van der Waals surface area contributed by atoms with E-state index in [1.54, 1.807) is 25.4 Å². The highest BCUT2D eigenvalue weighted by atomic mass is 35.5. The first-order chi connectivity index (χ1) is 19.9. The van der Waals surface area contributed by atoms with E-state index in [9.17, 15) is 4.79 Å². The summed E-state index contributed by atoms with van der Waals surface area (Å²) in [6.07, 6.45) is 15.1. The molecule has 4 aliphatic rings. The number of methoxy groups -OCH3 is 1. The molecule has 3 aliphatic heterocycles. The maximum atomic E-state index is 13.2. The van der Waals surface area contributed by atoms with Crippen molar-refractivity contribution in [2.75, 3.05) is 33.3 Å². The number of ether oxygens (including phenoxy) is 1. The van der Waals surface area contributed by atoms with E-state index in [1.165, 1.54) is 87.6 Å². The number of quaternary nitrogens is 1. The van der Waals surface area contributed by atoms with Crippen molar-refractivity contribution in [3.8, 4) is 5.75 Å². The van der Waals surface area contributed by atoms with E-state index in [2.05, 4.69) is 16.0 Å². The van der Waals surface area contributed by atoms with Crippen LogP contribution in [-0.2, 0) is 6.42 Å². The Morgan fingerprint density at radius 2 is 1.78 bits per heavy atom. The molecule has 2 bridgehead atoms. The van der Waals surface area contributed by atoms with Gasteiger partial charge >= 0.3 is 0 Å². The second-order valence-corrected chi connectivity index (χ2v) is 13.6. The fourth-order valence-corrected chi connectivity index (χ4v) is 8.45. The van der Waals surface area contributed by atoms with Crippen molar-refractivity contribution in [1.82, 2.24) is 9.97 Å². The number of H-pyrrole nitrogens is 1. The minimum atomic E-state index is -0.166. The van der Waals surface area contributed by atoms with Gasteiger partial charge in [-0.05, 0) is 66.3 Å². The largest absolute Gasteiger partial charge is 0.496 e. The molecule has 7 rings (SSSR count). The number of carbonyl (C=O) groups is 1. The topological polar surface area (TPSA) is 55.0 Å². The number of halogens is 2. The quantitative estimate of drug-likeness (QED) is 0.190. The van der Waals surface area contributed by atoms with Crippen molar-refractivity contribution in [3.05, 3.63) is 81.4 Å². The van der Waals surface area contributed by atoms with Gasteiger partial charge in [-0.2, -0.15) is 0 Å². The highest BCUT2D eigenvalue weighted by molar-refractivity contribution is 6.42. The number of fused-ring (bicyclic) bond motifs is 3. The normalized spacial score (nSPS) is 25.2. The van der Waals surface area contributed by atoms with Crippen molar-refractivity contribution in [1.29, 1.82) is 0 Å². The molecule has 41 heavy (non-hydrogen) atoms. The van der Waals surface area contributed by atoms with Crippen LogP contribution in [0.2, 0.25) is 10.0 Å². The summed E-state index contributed by atoms with van der Waals surface area (Å²) in [7, 11) is 1.58. The van der Waals surface area contributed by atoms with Gasteiger partial charge in [0.15, 0.2) is 5.82 Å². The number of carbonyl (C=O) groups excluding carboxylic acids is 1. The Hall–Kier alpha value is -2.34. The molecule has 7 heteroatoms. The lowest BCUT2D eigenvalue weighted by molar-refractivity contribution is -0.946. The number of nitrogens with one attached hydrogen (secondary N) is 1. The van der Waals surface area contributed by atoms with Gasteiger partial charge in [-0.1, -0.05) is 60.7 Å². The Balaban J connectivity index is 1.17. The molecule has 1 unspecified atom stereocenters. The van der Waals surface area contributed by atoms with E-state index in [4.69, 9.17) is 27.9 Å². The summed E-state index contributed by atoms with van der Waals surface area (Å²) in [5.41, 5.74) is 3.28. The lowest BCUT2D eigenvalue weighted by Crippen LogP contribution is -2.63. The molecule has 0 radical (unpaired) electrons. The van der Waals surface area contributed by atoms with Crippen molar-refractivity contribution in [2.45, 2.75) is 70.1 Å². The predicted octanol–water partition coefficient (Wildman–Crippen LogP) is 8.25. The first-order valence-corrected chi connectivity index (χ1v) is 16.2. The zero-order valence-corrected chi connectivity index (χ0v) is 25.7. The maximum absolute atomic E-state index is 13.2. The molecule has 1 saturated carbocycles. The number of aromatic amines is 1. The van der Waals surface area contributed by atoms with Crippen LogP contribution in [0.15, 0.2) is 48.7 Å². The number of imidazole rings is 1. The van der Waals surface area contributed by atoms with E-state index in [1.807, 2.05) is 24.3 Å². The van der Waals surface area contributed by atoms with Crippen LogP contribution in [0.3, 0.4) is 0 Å². The maximum Gasteiger partial charge on any atom is 0.231 e. The number of rotatable bonds is 10. The van der Waals surface area contributed by atoms with Crippen LogP contribution in [0.25, 0.3) is 0 Å². The fraction of sp³-hybridized carbons (Fsp3) is 0.529. The minimum absolute atomic E-state index is 0.166. The third-order valence-corrected chi connectivity index (χ3v) is 11.5. The van der Waals surface area contributed by atoms with Crippen molar-refractivity contribution in [2.24, 2.45) is 11.3 Å². The van der Waals surface area contributed by atoms with Gasteiger partial charge in [0, 0.05) is 37.6 Å². The van der Waals surface area contributed by atoms with Gasteiger partial charge in [0.2, 0.25) is 5.78 Å². The smallest absolute Gasteiger partial charge is 0.231 e. The Labute approximate surface area is 254 Å². The fourth-order valence-electron chi connectivity index (χ4n) is 8.14. The standard InChI is InChI=1S/C34H41Cl2N3O2/c1-41-31-10-6-5-9-28(31)32(40)33-37-23-27(38-33)21-25(24-11-12-29(35)30(36)22-24)13-17-39-18-14-34(15-19-39,16-20-39)26-7-3-2-4-8-26/h5-6,9-12,22-23,25-26H,2-4,7-8,13-21H2,1H3/p+1. The van der Waals surface area contributed by atoms with Gasteiger partial charge in [0.05, 0.1) is 48.9 Å². The Bertz CT molecular complexity index is 1360. The Kier molecular flexibility index (Phi) is 8.49. The van der Waals surface area contributed by atoms with Gasteiger partial charge < -0.3 is 14.2 Å². The molecule has 218 valence electrons. The van der Waals surface area contributed by atoms with Crippen LogP contribution in [0.5, 0.6) is 5.75 Å². The third kappa shape index (κ3) is 5.96. The van der Waals surface area contributed by atoms with Gasteiger partial charge in [0.1, 0.15) is 5.75 Å². The molecule has 2 aromatic carbocycles. The summed E-state index contributed by atoms with van der Waals surface area (Å²) < 4.78 is 6.66. The summed E-state index contributed by atoms with van der Waals surface area (Å²) in [5, 5.41) is 1.17. The Morgan fingerprint density at radius 1 is 1.05 bits per heavy atom. The van der Waals surface area contributed by atoms with Crippen LogP contribution in [0, 0.1) is 11.3 Å². The lowest BCUT2D eigenvalue weighted by atomic mass is 9.59. The van der Waals surface area contributed by atoms with E-state index < -0.39 is 0 Å². The molecule has 3 saturated heterocycles. The van der Waals surface area contributed by atoms with E-state index in [0.29, 0.717) is 32.6 Å². The second-order valence-electron chi connectivity index (χ2n) is 12.8. The Morgan fingerprint density at radius 3 is 2.49 bits per heavy atom. The molecule has 5 nitrogen and oxygen atoms in total. The van der Waals surface area contributed by atoms with E-state index >= 15 is 0 Å². The summed E-state index contributed by atoms with van der Waals surface area (Å²) in [5.74, 6) is 1.94. The number of ketones is 1. The van der Waals surface area contributed by atoms with Crippen molar-refractivity contribution in [3.63, 3.8) is 0 Å². The molecule has 1 aliphatic carbocycles. The molecule has 0 spiro atoms. The van der Waals surface area contributed by atoms with Crippen molar-refractivity contribution >= 4 is 29.0 Å². The first-order valence-electron chi connectivity index (χ1n) is 15.4. The zero-order valence-electron chi connectivity index (χ0n) is 24.1. The molecule has 0 amide bonds. The second kappa shape index (κ2) is 12.1. The summed E-state index contributed by atoms with van der Waals surface area (Å²) in [6.45, 7) is 5.15. The van der Waals surface area contributed by atoms with Crippen LogP contribution >= 0.6 is 23.2 Å². The molecule has 4 heterocycles. The monoisotopic (exact) mass is 594 g/mol. The number of hydrogen-bond acceptors (Lipinski definition) is 3. The van der Waals surface area contributed by atoms with E-state index in [0.717, 1.165) is 24.5 Å². The summed E-state index contributed by atoms with van der Waals surface area (Å²) in [4.78, 5) is 21.0. The van der Waals surface area contributed by atoms with Gasteiger partial charge in [0.25, 0.3) is 0 Å². The number of piperidine rings is 3. The zero-order chi connectivity index (χ0) is 28.5. The predicted molar refractivity (Wildman–Crippen MR) is 165 cm³/mol. The number of aromatic nitrogens is 2. The van der Waals surface area contributed by atoms with Crippen LogP contribution in [-0.4, -0.2) is 53.5 Å². The summed E-state index contributed by atoms with van der Waals surface area (Å²) in [6, 6.07) is 13.3. The van der Waals surface area contributed by atoms with Crippen molar-refractivity contribution < 1.29 is 14.0 Å². The average Bonchev–Trinajstić information content (AvgIpc) is 3.50. The highest BCUT2D eigenvalue weighted by Gasteiger charge is 2.52. The molecular formula is C34H42Cl2N3O2+.